The molecule has 0 aliphatic carbocycles. The van der Waals surface area contributed by atoms with Crippen LogP contribution in [0.3, 0.4) is 0 Å². The van der Waals surface area contributed by atoms with Gasteiger partial charge in [-0.2, -0.15) is 0 Å². The van der Waals surface area contributed by atoms with Crippen LogP contribution in [-0.2, 0) is 11.3 Å². The van der Waals surface area contributed by atoms with Gasteiger partial charge in [-0.05, 0) is 24.3 Å². The van der Waals surface area contributed by atoms with Gasteiger partial charge >= 0.3 is 6.36 Å². The number of hydrogen-bond acceptors (Lipinski definition) is 4. The van der Waals surface area contributed by atoms with E-state index in [0.717, 1.165) is 0 Å². The molecular weight excluding hydrogens is 389 g/mol. The van der Waals surface area contributed by atoms with Gasteiger partial charge in [0.25, 0.3) is 11.8 Å². The van der Waals surface area contributed by atoms with E-state index in [0.29, 0.717) is 5.75 Å². The Morgan fingerprint density at radius 3 is 2.34 bits per heavy atom. The summed E-state index contributed by atoms with van der Waals surface area (Å²) in [5, 5.41) is 0. The number of ether oxygens (including phenoxy) is 2. The van der Waals surface area contributed by atoms with Gasteiger partial charge in [0, 0.05) is 38.8 Å². The summed E-state index contributed by atoms with van der Waals surface area (Å²) in [7, 11) is 4.66. The summed E-state index contributed by atoms with van der Waals surface area (Å²) in [4.78, 5) is 26.9. The zero-order valence-electron chi connectivity index (χ0n) is 16.2. The number of benzene rings is 2. The summed E-state index contributed by atoms with van der Waals surface area (Å²) in [5.74, 6) is -0.685. The van der Waals surface area contributed by atoms with E-state index in [1.54, 1.807) is 38.4 Å². The Hall–Kier alpha value is -3.23. The van der Waals surface area contributed by atoms with Crippen LogP contribution in [0.2, 0.25) is 0 Å². The van der Waals surface area contributed by atoms with Gasteiger partial charge in [0.1, 0.15) is 11.5 Å². The van der Waals surface area contributed by atoms with Crippen molar-refractivity contribution in [2.75, 3.05) is 27.7 Å². The molecule has 2 aromatic rings. The standard InChI is InChI=1S/C20H21F3N2O4/c1-24(2)18(26)13-28-16-9-6-8-14(11-16)19(27)25(3)12-15-7-4-5-10-17(15)29-20(21,22)23/h4-11H,12-13H2,1-3H3. The number of carbonyl (C=O) groups is 2. The van der Waals surface area contributed by atoms with E-state index in [1.165, 1.54) is 41.1 Å². The zero-order chi connectivity index (χ0) is 21.6. The number of carbonyl (C=O) groups excluding carboxylic acids is 2. The highest BCUT2D eigenvalue weighted by Gasteiger charge is 2.32. The molecule has 0 unspecified atom stereocenters. The first kappa shape index (κ1) is 22.1. The molecule has 0 N–H and O–H groups in total. The van der Waals surface area contributed by atoms with Crippen LogP contribution in [-0.4, -0.2) is 55.7 Å². The van der Waals surface area contributed by atoms with Crippen molar-refractivity contribution in [1.29, 1.82) is 0 Å². The molecule has 0 spiro atoms. The molecule has 0 saturated carbocycles. The van der Waals surface area contributed by atoms with E-state index in [9.17, 15) is 22.8 Å². The molecule has 6 nitrogen and oxygen atoms in total. The maximum atomic E-state index is 12.7. The smallest absolute Gasteiger partial charge is 0.484 e. The summed E-state index contributed by atoms with van der Waals surface area (Å²) in [6.45, 7) is -0.266. The average Bonchev–Trinajstić information content (AvgIpc) is 2.66. The summed E-state index contributed by atoms with van der Waals surface area (Å²) in [6.07, 6.45) is -4.83. The quantitative estimate of drug-likeness (QED) is 0.703. The minimum atomic E-state index is -4.83. The van der Waals surface area contributed by atoms with Crippen molar-refractivity contribution in [1.82, 2.24) is 9.80 Å². The molecule has 0 heterocycles. The number of likely N-dealkylation sites (N-methyl/N-ethyl adjacent to an activating group) is 1. The molecule has 0 atom stereocenters. The lowest BCUT2D eigenvalue weighted by atomic mass is 10.1. The Labute approximate surface area is 166 Å². The van der Waals surface area contributed by atoms with E-state index < -0.39 is 12.3 Å². The van der Waals surface area contributed by atoms with Crippen LogP contribution in [0.25, 0.3) is 0 Å². The van der Waals surface area contributed by atoms with Crippen LogP contribution >= 0.6 is 0 Å². The van der Waals surface area contributed by atoms with Crippen molar-refractivity contribution in [3.63, 3.8) is 0 Å². The number of nitrogens with zero attached hydrogens (tertiary/aromatic N) is 2. The van der Waals surface area contributed by atoms with Crippen LogP contribution in [0.5, 0.6) is 11.5 Å². The molecule has 29 heavy (non-hydrogen) atoms. The minimum Gasteiger partial charge on any atom is -0.484 e. The lowest BCUT2D eigenvalue weighted by Gasteiger charge is -2.20. The van der Waals surface area contributed by atoms with Gasteiger partial charge in [-0.25, -0.2) is 0 Å². The highest BCUT2D eigenvalue weighted by molar-refractivity contribution is 5.94. The monoisotopic (exact) mass is 410 g/mol. The largest absolute Gasteiger partial charge is 0.573 e. The predicted molar refractivity (Wildman–Crippen MR) is 99.6 cm³/mol. The van der Waals surface area contributed by atoms with Crippen molar-refractivity contribution < 1.29 is 32.2 Å². The number of amides is 2. The number of hydrogen-bond donors (Lipinski definition) is 0. The highest BCUT2D eigenvalue weighted by Crippen LogP contribution is 2.27. The topological polar surface area (TPSA) is 59.1 Å². The third-order valence-electron chi connectivity index (χ3n) is 3.89. The highest BCUT2D eigenvalue weighted by atomic mass is 19.4. The van der Waals surface area contributed by atoms with E-state index in [-0.39, 0.29) is 35.9 Å². The van der Waals surface area contributed by atoms with Gasteiger partial charge in [0.15, 0.2) is 6.61 Å². The number of halogens is 3. The van der Waals surface area contributed by atoms with Crippen molar-refractivity contribution in [3.8, 4) is 11.5 Å². The van der Waals surface area contributed by atoms with Crippen LogP contribution in [0.1, 0.15) is 15.9 Å². The van der Waals surface area contributed by atoms with Crippen molar-refractivity contribution in [2.24, 2.45) is 0 Å². The molecule has 156 valence electrons. The van der Waals surface area contributed by atoms with Crippen LogP contribution < -0.4 is 9.47 Å². The second kappa shape index (κ2) is 9.31. The second-order valence-electron chi connectivity index (χ2n) is 6.42. The van der Waals surface area contributed by atoms with Gasteiger partial charge in [-0.15, -0.1) is 13.2 Å². The van der Waals surface area contributed by atoms with E-state index in [1.807, 2.05) is 0 Å². The van der Waals surface area contributed by atoms with Crippen molar-refractivity contribution in [2.45, 2.75) is 12.9 Å². The molecule has 0 aromatic heterocycles. The maximum absolute atomic E-state index is 12.7. The molecular formula is C20H21F3N2O4. The maximum Gasteiger partial charge on any atom is 0.573 e. The third kappa shape index (κ3) is 6.70. The molecule has 0 aliphatic rings. The van der Waals surface area contributed by atoms with Gasteiger partial charge in [-0.1, -0.05) is 24.3 Å². The Morgan fingerprint density at radius 1 is 1.00 bits per heavy atom. The molecule has 2 aromatic carbocycles. The fraction of sp³-hybridized carbons (Fsp3) is 0.300. The van der Waals surface area contributed by atoms with Gasteiger partial charge < -0.3 is 19.3 Å². The lowest BCUT2D eigenvalue weighted by molar-refractivity contribution is -0.275. The van der Waals surface area contributed by atoms with Crippen LogP contribution in [0.4, 0.5) is 13.2 Å². The summed E-state index contributed by atoms with van der Waals surface area (Å²) >= 11 is 0. The zero-order valence-corrected chi connectivity index (χ0v) is 16.2. The van der Waals surface area contributed by atoms with Crippen molar-refractivity contribution >= 4 is 11.8 Å². The Bertz CT molecular complexity index is 869. The molecule has 0 radical (unpaired) electrons. The molecule has 9 heteroatoms. The molecule has 0 fully saturated rings. The number of para-hydroxylation sites is 1. The van der Waals surface area contributed by atoms with Crippen molar-refractivity contribution in [3.05, 3.63) is 59.7 Å². The SMILES string of the molecule is CN(C)C(=O)COc1cccc(C(=O)N(C)Cc2ccccc2OC(F)(F)F)c1. The average molecular weight is 410 g/mol. The Balaban J connectivity index is 2.09. The molecule has 0 saturated heterocycles. The summed E-state index contributed by atoms with van der Waals surface area (Å²) < 4.78 is 47.1. The van der Waals surface area contributed by atoms with E-state index in [2.05, 4.69) is 4.74 Å². The first-order valence-corrected chi connectivity index (χ1v) is 8.59. The number of rotatable bonds is 7. The molecule has 0 bridgehead atoms. The summed E-state index contributed by atoms with van der Waals surface area (Å²) in [5.41, 5.74) is 0.487. The van der Waals surface area contributed by atoms with Crippen LogP contribution in [0, 0.1) is 0 Å². The first-order valence-electron chi connectivity index (χ1n) is 8.59. The molecule has 2 amide bonds. The Kier molecular flexibility index (Phi) is 7.08. The molecule has 2 rings (SSSR count). The summed E-state index contributed by atoms with van der Waals surface area (Å²) in [6, 6.07) is 11.9. The number of alkyl halides is 3. The first-order chi connectivity index (χ1) is 13.6. The molecule has 0 aliphatic heterocycles. The van der Waals surface area contributed by atoms with Gasteiger partial charge in [0.2, 0.25) is 0 Å². The minimum absolute atomic E-state index is 0.0880. The normalized spacial score (nSPS) is 11.0. The lowest BCUT2D eigenvalue weighted by Crippen LogP contribution is -2.28. The predicted octanol–water partition coefficient (Wildman–Crippen LogP) is 3.32. The van der Waals surface area contributed by atoms with Gasteiger partial charge in [0.05, 0.1) is 0 Å². The second-order valence-corrected chi connectivity index (χ2v) is 6.42. The fourth-order valence-corrected chi connectivity index (χ4v) is 2.40. The van der Waals surface area contributed by atoms with E-state index >= 15 is 0 Å². The van der Waals surface area contributed by atoms with Crippen LogP contribution in [0.15, 0.2) is 48.5 Å². The van der Waals surface area contributed by atoms with E-state index in [4.69, 9.17) is 4.74 Å². The fourth-order valence-electron chi connectivity index (χ4n) is 2.40. The Morgan fingerprint density at radius 2 is 1.69 bits per heavy atom. The third-order valence-corrected chi connectivity index (χ3v) is 3.89. The van der Waals surface area contributed by atoms with Gasteiger partial charge in [-0.3, -0.25) is 9.59 Å².